The van der Waals surface area contributed by atoms with Crippen molar-refractivity contribution in [3.05, 3.63) is 89.8 Å². The van der Waals surface area contributed by atoms with Crippen LogP contribution in [0.3, 0.4) is 0 Å². The number of phenols is 1. The summed E-state index contributed by atoms with van der Waals surface area (Å²) in [6, 6.07) is 17.7. The molecule has 1 saturated carbocycles. The van der Waals surface area contributed by atoms with Crippen LogP contribution in [0.1, 0.15) is 24.3 Å². The maximum absolute atomic E-state index is 14.8. The molecule has 238 valence electrons. The smallest absolute Gasteiger partial charge is 0.254 e. The van der Waals surface area contributed by atoms with E-state index in [1.54, 1.807) is 30.3 Å². The van der Waals surface area contributed by atoms with Gasteiger partial charge in [-0.05, 0) is 72.9 Å². The normalized spacial score (nSPS) is 30.1. The molecule has 13 heteroatoms. The quantitative estimate of drug-likeness (QED) is 0.114. The van der Waals surface area contributed by atoms with Crippen molar-refractivity contribution in [2.45, 2.75) is 28.5 Å². The molecule has 1 aromatic heterocycles. The summed E-state index contributed by atoms with van der Waals surface area (Å²) in [5.41, 5.74) is 2.89. The Hall–Kier alpha value is -4.06. The van der Waals surface area contributed by atoms with E-state index in [-0.39, 0.29) is 23.9 Å². The van der Waals surface area contributed by atoms with Crippen LogP contribution in [0.15, 0.2) is 82.8 Å². The highest BCUT2D eigenvalue weighted by Gasteiger charge is 2.76. The molecule has 0 spiro atoms. The Morgan fingerprint density at radius 1 is 0.979 bits per heavy atom. The van der Waals surface area contributed by atoms with Gasteiger partial charge in [-0.1, -0.05) is 45.8 Å². The molecular weight excluding hydrogens is 716 g/mol. The summed E-state index contributed by atoms with van der Waals surface area (Å²) in [4.78, 5) is 58.2. The monoisotopic (exact) mass is 737 g/mol. The lowest BCUT2D eigenvalue weighted by atomic mass is 9.56. The number of aromatic hydroxyl groups is 1. The molecule has 0 bridgehead atoms. The summed E-state index contributed by atoms with van der Waals surface area (Å²) in [5, 5.41) is 9.91. The van der Waals surface area contributed by atoms with Crippen molar-refractivity contribution < 1.29 is 33.1 Å². The molecule has 6 unspecified atom stereocenters. The maximum Gasteiger partial charge on any atom is 0.254 e. The number of anilines is 1. The zero-order chi connectivity index (χ0) is 33.0. The van der Waals surface area contributed by atoms with Crippen LogP contribution in [-0.4, -0.2) is 53.8 Å². The molecule has 4 aliphatic rings. The number of amides is 4. The number of alkyl halides is 3. The molecule has 4 amide bonds. The first kappa shape index (κ1) is 30.3. The Morgan fingerprint density at radius 3 is 2.43 bits per heavy atom. The number of rotatable bonds is 4. The van der Waals surface area contributed by atoms with Crippen molar-refractivity contribution in [1.29, 1.82) is 0 Å². The number of oxazole rings is 1. The fourth-order valence-electron chi connectivity index (χ4n) is 7.83. The SMILES string of the molecule is O=C1C2CC=C3C(CC4(Cl)C(=O)N(CBr)C(=O)C4(Cl)C3c3ccc(O)c(F)c3)C2C(=O)N1c1ccc(-c2nc3ccccc3o2)cc1. The molecule has 0 radical (unpaired) electrons. The molecule has 1 N–H and O–H groups in total. The first-order chi connectivity index (χ1) is 22.5. The summed E-state index contributed by atoms with van der Waals surface area (Å²) in [6.07, 6.45) is 1.73. The van der Waals surface area contributed by atoms with E-state index in [9.17, 15) is 28.7 Å². The molecule has 2 aliphatic heterocycles. The van der Waals surface area contributed by atoms with Crippen LogP contribution < -0.4 is 4.90 Å². The van der Waals surface area contributed by atoms with E-state index in [2.05, 4.69) is 20.9 Å². The van der Waals surface area contributed by atoms with Gasteiger partial charge in [-0.2, -0.15) is 0 Å². The zero-order valence-corrected chi connectivity index (χ0v) is 27.3. The number of aromatic nitrogens is 1. The predicted molar refractivity (Wildman–Crippen MR) is 173 cm³/mol. The standard InChI is InChI=1S/C34H23BrCl2FN3O6/c35-15-40-31(45)33(36)14-21-19(27(34(33,37)32(40)46)17-7-12-24(42)22(38)13-17)10-11-20-26(21)30(44)41(29(20)43)18-8-5-16(6-9-18)28-39-23-3-1-2-4-25(23)47-28/h1-10,12-13,20-21,26-27,42H,11,14-15H2. The summed E-state index contributed by atoms with van der Waals surface area (Å²) < 4.78 is 20.6. The van der Waals surface area contributed by atoms with E-state index in [4.69, 9.17) is 27.6 Å². The minimum absolute atomic E-state index is 0.155. The Morgan fingerprint density at radius 2 is 1.72 bits per heavy atom. The number of para-hydroxylation sites is 2. The number of halogens is 4. The van der Waals surface area contributed by atoms with Gasteiger partial charge in [0.05, 0.1) is 23.0 Å². The Balaban J connectivity index is 1.19. The molecule has 6 atom stereocenters. The van der Waals surface area contributed by atoms with Gasteiger partial charge in [0, 0.05) is 11.5 Å². The molecule has 3 heterocycles. The highest BCUT2D eigenvalue weighted by molar-refractivity contribution is 9.09. The van der Waals surface area contributed by atoms with Gasteiger partial charge in [0.15, 0.2) is 26.9 Å². The van der Waals surface area contributed by atoms with E-state index in [1.807, 2.05) is 24.3 Å². The minimum atomic E-state index is -2.07. The topological polar surface area (TPSA) is 121 Å². The second-order valence-electron chi connectivity index (χ2n) is 12.2. The van der Waals surface area contributed by atoms with Crippen molar-refractivity contribution in [2.75, 3.05) is 10.4 Å². The van der Waals surface area contributed by atoms with E-state index in [0.717, 1.165) is 21.9 Å². The third kappa shape index (κ3) is 4.02. The summed E-state index contributed by atoms with van der Waals surface area (Å²) in [6.45, 7) is 0. The molecular formula is C34H23BrCl2FN3O6. The average Bonchev–Trinajstić information content (AvgIpc) is 3.65. The number of hydrogen-bond donors (Lipinski definition) is 1. The number of allylic oxidation sites excluding steroid dienone is 2. The number of carbonyl (C=O) groups excluding carboxylic acids is 4. The van der Waals surface area contributed by atoms with E-state index in [0.29, 0.717) is 33.8 Å². The van der Waals surface area contributed by atoms with Gasteiger partial charge in [-0.25, -0.2) is 9.37 Å². The molecule has 3 fully saturated rings. The number of phenolic OH excluding ortho intramolecular Hbond substituents is 1. The maximum atomic E-state index is 14.8. The number of benzene rings is 3. The molecule has 47 heavy (non-hydrogen) atoms. The lowest BCUT2D eigenvalue weighted by molar-refractivity contribution is -0.138. The van der Waals surface area contributed by atoms with Crippen molar-refractivity contribution in [2.24, 2.45) is 17.8 Å². The molecule has 3 aromatic carbocycles. The Kier molecular flexibility index (Phi) is 6.75. The summed E-state index contributed by atoms with van der Waals surface area (Å²) >= 11 is 17.5. The fraction of sp³-hybridized carbons (Fsp3) is 0.265. The van der Waals surface area contributed by atoms with Crippen LogP contribution in [0.5, 0.6) is 5.75 Å². The lowest BCUT2D eigenvalue weighted by Gasteiger charge is -2.50. The van der Waals surface area contributed by atoms with Gasteiger partial charge >= 0.3 is 0 Å². The number of fused-ring (bicyclic) bond motifs is 5. The van der Waals surface area contributed by atoms with Crippen LogP contribution in [0.25, 0.3) is 22.6 Å². The van der Waals surface area contributed by atoms with E-state index in [1.165, 1.54) is 6.07 Å². The number of imide groups is 2. The number of hydrogen-bond acceptors (Lipinski definition) is 7. The van der Waals surface area contributed by atoms with Gasteiger partial charge in [0.2, 0.25) is 17.7 Å². The van der Waals surface area contributed by atoms with Gasteiger partial charge in [-0.15, -0.1) is 23.2 Å². The Labute approximate surface area is 285 Å². The second kappa shape index (κ2) is 10.5. The van der Waals surface area contributed by atoms with E-state index >= 15 is 0 Å². The van der Waals surface area contributed by atoms with E-state index < -0.39 is 68.6 Å². The number of likely N-dealkylation sites (tertiary alicyclic amines) is 1. The third-order valence-electron chi connectivity index (χ3n) is 9.99. The number of carbonyl (C=O) groups is 4. The molecule has 8 rings (SSSR count). The fourth-order valence-corrected chi connectivity index (χ4v) is 9.26. The summed E-state index contributed by atoms with van der Waals surface area (Å²) in [5.74, 6) is -7.13. The predicted octanol–water partition coefficient (Wildman–Crippen LogP) is 6.26. The zero-order valence-electron chi connectivity index (χ0n) is 24.2. The largest absolute Gasteiger partial charge is 0.505 e. The van der Waals surface area contributed by atoms with Gasteiger partial charge in [0.25, 0.3) is 11.8 Å². The van der Waals surface area contributed by atoms with Crippen molar-refractivity contribution in [3.63, 3.8) is 0 Å². The van der Waals surface area contributed by atoms with Crippen LogP contribution in [0.2, 0.25) is 0 Å². The van der Waals surface area contributed by atoms with Crippen molar-refractivity contribution >= 4 is 79.5 Å². The molecule has 4 aromatic rings. The van der Waals surface area contributed by atoms with Gasteiger partial charge in [-0.3, -0.25) is 29.0 Å². The lowest BCUT2D eigenvalue weighted by Crippen LogP contribution is -2.60. The molecule has 2 aliphatic carbocycles. The molecule has 2 saturated heterocycles. The first-order valence-corrected chi connectivity index (χ1v) is 16.7. The second-order valence-corrected chi connectivity index (χ2v) is 14.0. The van der Waals surface area contributed by atoms with Crippen molar-refractivity contribution in [3.8, 4) is 17.2 Å². The van der Waals surface area contributed by atoms with Crippen LogP contribution in [0, 0.1) is 23.6 Å². The summed E-state index contributed by atoms with van der Waals surface area (Å²) in [7, 11) is 0. The highest BCUT2D eigenvalue weighted by atomic mass is 79.9. The Bertz CT molecular complexity index is 2050. The highest BCUT2D eigenvalue weighted by Crippen LogP contribution is 2.65. The van der Waals surface area contributed by atoms with Crippen LogP contribution >= 0.6 is 39.1 Å². The van der Waals surface area contributed by atoms with Crippen molar-refractivity contribution in [1.82, 2.24) is 9.88 Å². The van der Waals surface area contributed by atoms with Gasteiger partial charge < -0.3 is 9.52 Å². The third-order valence-corrected chi connectivity index (χ3v) is 11.9. The molecule has 9 nitrogen and oxygen atoms in total. The minimum Gasteiger partial charge on any atom is -0.505 e. The van der Waals surface area contributed by atoms with Crippen LogP contribution in [0.4, 0.5) is 10.1 Å². The first-order valence-electron chi connectivity index (χ1n) is 14.8. The van der Waals surface area contributed by atoms with Crippen LogP contribution in [-0.2, 0) is 19.2 Å². The van der Waals surface area contributed by atoms with Gasteiger partial charge in [0.1, 0.15) is 5.52 Å². The number of nitrogens with zero attached hydrogens (tertiary/aromatic N) is 3. The average molecular weight is 739 g/mol.